The van der Waals surface area contributed by atoms with Crippen molar-refractivity contribution < 1.29 is 0 Å². The van der Waals surface area contributed by atoms with Crippen molar-refractivity contribution in [1.82, 2.24) is 9.88 Å². The maximum atomic E-state index is 6.27. The van der Waals surface area contributed by atoms with Crippen LogP contribution in [0.25, 0.3) is 11.1 Å². The zero-order chi connectivity index (χ0) is 20.8. The Labute approximate surface area is 188 Å². The molecule has 3 aromatic rings. The molecule has 0 N–H and O–H groups in total. The predicted octanol–water partition coefficient (Wildman–Crippen LogP) is 6.64. The van der Waals surface area contributed by atoms with Crippen LogP contribution in [-0.2, 0) is 13.0 Å². The Kier molecular flexibility index (Phi) is 7.07. The second-order valence-electron chi connectivity index (χ2n) is 7.66. The number of rotatable bonds is 5. The van der Waals surface area contributed by atoms with E-state index in [-0.39, 0.29) is 0 Å². The number of aromatic nitrogens is 1. The van der Waals surface area contributed by atoms with Gasteiger partial charge in [-0.15, -0.1) is 0 Å². The molecule has 1 saturated heterocycles. The Morgan fingerprint density at radius 3 is 2.37 bits per heavy atom. The van der Waals surface area contributed by atoms with Gasteiger partial charge in [0.1, 0.15) is 5.69 Å². The second kappa shape index (κ2) is 10.1. The molecule has 0 radical (unpaired) electrons. The number of aryl methyl sites for hydroxylation is 1. The van der Waals surface area contributed by atoms with E-state index in [0.717, 1.165) is 36.2 Å². The summed E-state index contributed by atoms with van der Waals surface area (Å²) in [5, 5.41) is 1.25. The molecule has 4 heteroatoms. The number of pyridine rings is 1. The molecule has 30 heavy (non-hydrogen) atoms. The highest BCUT2D eigenvalue weighted by molar-refractivity contribution is 6.36. The van der Waals surface area contributed by atoms with Gasteiger partial charge in [0.05, 0.1) is 0 Å². The van der Waals surface area contributed by atoms with Crippen molar-refractivity contribution in [3.05, 3.63) is 87.7 Å². The molecule has 1 aromatic heterocycles. The minimum atomic E-state index is 0.620. The molecule has 2 heterocycles. The number of halogens is 2. The summed E-state index contributed by atoms with van der Waals surface area (Å²) in [6.45, 7) is 3.54. The van der Waals surface area contributed by atoms with Crippen molar-refractivity contribution in [2.45, 2.75) is 32.2 Å². The van der Waals surface area contributed by atoms with Gasteiger partial charge in [-0.3, -0.25) is 4.90 Å². The summed E-state index contributed by atoms with van der Waals surface area (Å²) in [7, 11) is 0. The van der Waals surface area contributed by atoms with Crippen LogP contribution in [-0.4, -0.2) is 23.0 Å². The van der Waals surface area contributed by atoms with Crippen LogP contribution < -0.4 is 0 Å². The van der Waals surface area contributed by atoms with E-state index in [1.165, 1.54) is 37.1 Å². The van der Waals surface area contributed by atoms with E-state index in [0.29, 0.717) is 10.0 Å². The lowest BCUT2D eigenvalue weighted by molar-refractivity contribution is 0.331. The lowest BCUT2D eigenvalue weighted by atomic mass is 10.1. The molecular formula is C26H24Cl2N2. The molecule has 1 aliphatic rings. The quantitative estimate of drug-likeness (QED) is 0.418. The molecule has 0 spiro atoms. The highest BCUT2D eigenvalue weighted by Gasteiger charge is 2.11. The van der Waals surface area contributed by atoms with Crippen LogP contribution >= 0.6 is 23.2 Å². The Bertz CT molecular complexity index is 1040. The number of benzene rings is 2. The van der Waals surface area contributed by atoms with Crippen LogP contribution in [0, 0.1) is 11.8 Å². The third-order valence-electron chi connectivity index (χ3n) is 5.39. The second-order valence-corrected chi connectivity index (χ2v) is 8.50. The summed E-state index contributed by atoms with van der Waals surface area (Å²) >= 11 is 12.2. The summed E-state index contributed by atoms with van der Waals surface area (Å²) < 4.78 is 0. The Morgan fingerprint density at radius 2 is 1.67 bits per heavy atom. The largest absolute Gasteiger partial charge is 0.299 e. The van der Waals surface area contributed by atoms with Gasteiger partial charge in [0.2, 0.25) is 0 Å². The zero-order valence-corrected chi connectivity index (χ0v) is 18.4. The lowest BCUT2D eigenvalue weighted by Crippen LogP contribution is -2.18. The Hall–Kier alpha value is -2.31. The van der Waals surface area contributed by atoms with Crippen LogP contribution in [0.4, 0.5) is 0 Å². The minimum Gasteiger partial charge on any atom is -0.299 e. The van der Waals surface area contributed by atoms with Gasteiger partial charge in [0.25, 0.3) is 0 Å². The number of likely N-dealkylation sites (tertiary alicyclic amines) is 1. The third kappa shape index (κ3) is 5.64. The molecule has 0 atom stereocenters. The molecule has 2 nitrogen and oxygen atoms in total. The fourth-order valence-corrected chi connectivity index (χ4v) is 4.24. The van der Waals surface area contributed by atoms with Crippen molar-refractivity contribution in [2.75, 3.05) is 13.1 Å². The Morgan fingerprint density at radius 1 is 0.900 bits per heavy atom. The van der Waals surface area contributed by atoms with Gasteiger partial charge in [-0.05, 0) is 73.7 Å². The van der Waals surface area contributed by atoms with Crippen LogP contribution in [0.2, 0.25) is 10.0 Å². The molecule has 4 rings (SSSR count). The molecule has 0 aliphatic carbocycles. The van der Waals surface area contributed by atoms with E-state index < -0.39 is 0 Å². The van der Waals surface area contributed by atoms with Gasteiger partial charge in [0.15, 0.2) is 0 Å². The van der Waals surface area contributed by atoms with Gasteiger partial charge in [-0.2, -0.15) is 0 Å². The fourth-order valence-electron chi connectivity index (χ4n) is 3.72. The fraction of sp³-hybridized carbons (Fsp3) is 0.269. The smallest absolute Gasteiger partial charge is 0.113 e. The van der Waals surface area contributed by atoms with E-state index in [1.807, 2.05) is 24.3 Å². The highest BCUT2D eigenvalue weighted by atomic mass is 35.5. The average molecular weight is 435 g/mol. The minimum absolute atomic E-state index is 0.620. The first-order chi connectivity index (χ1) is 14.7. The monoisotopic (exact) mass is 434 g/mol. The SMILES string of the molecule is Clc1ccc(-c2ccc(C#CCCc3ccc(CN4CCCC4)cc3)nc2)c(Cl)c1. The van der Waals surface area contributed by atoms with Crippen molar-refractivity contribution in [2.24, 2.45) is 0 Å². The molecule has 0 unspecified atom stereocenters. The molecule has 0 bridgehead atoms. The van der Waals surface area contributed by atoms with Crippen molar-refractivity contribution in [3.8, 4) is 23.0 Å². The van der Waals surface area contributed by atoms with E-state index in [9.17, 15) is 0 Å². The summed E-state index contributed by atoms with van der Waals surface area (Å²) in [5.74, 6) is 6.39. The van der Waals surface area contributed by atoms with E-state index in [2.05, 4.69) is 46.0 Å². The first-order valence-electron chi connectivity index (χ1n) is 10.4. The molecule has 0 saturated carbocycles. The summed E-state index contributed by atoms with van der Waals surface area (Å²) in [5.41, 5.74) is 5.37. The van der Waals surface area contributed by atoms with Gasteiger partial charge >= 0.3 is 0 Å². The van der Waals surface area contributed by atoms with Gasteiger partial charge in [0, 0.05) is 40.3 Å². The molecule has 2 aromatic carbocycles. The molecular weight excluding hydrogens is 411 g/mol. The van der Waals surface area contributed by atoms with Crippen LogP contribution in [0.1, 0.15) is 36.1 Å². The van der Waals surface area contributed by atoms with Crippen molar-refractivity contribution in [1.29, 1.82) is 0 Å². The first-order valence-corrected chi connectivity index (χ1v) is 11.1. The van der Waals surface area contributed by atoms with E-state index in [1.54, 1.807) is 12.3 Å². The first kappa shape index (κ1) is 20.9. The molecule has 0 amide bonds. The molecule has 152 valence electrons. The third-order valence-corrected chi connectivity index (χ3v) is 5.94. The van der Waals surface area contributed by atoms with Crippen molar-refractivity contribution >= 4 is 23.2 Å². The van der Waals surface area contributed by atoms with Crippen molar-refractivity contribution in [3.63, 3.8) is 0 Å². The molecule has 1 fully saturated rings. The summed E-state index contributed by atoms with van der Waals surface area (Å²) in [4.78, 5) is 6.98. The molecule has 1 aliphatic heterocycles. The van der Waals surface area contributed by atoms with E-state index in [4.69, 9.17) is 23.2 Å². The number of hydrogen-bond acceptors (Lipinski definition) is 2. The van der Waals surface area contributed by atoms with Crippen LogP contribution in [0.15, 0.2) is 60.8 Å². The summed E-state index contributed by atoms with van der Waals surface area (Å²) in [6, 6.07) is 18.4. The average Bonchev–Trinajstić information content (AvgIpc) is 3.26. The normalized spacial score (nSPS) is 13.8. The maximum Gasteiger partial charge on any atom is 0.113 e. The highest BCUT2D eigenvalue weighted by Crippen LogP contribution is 2.29. The van der Waals surface area contributed by atoms with Gasteiger partial charge in [-0.25, -0.2) is 4.98 Å². The Balaban J connectivity index is 1.30. The van der Waals surface area contributed by atoms with Gasteiger partial charge < -0.3 is 0 Å². The van der Waals surface area contributed by atoms with Crippen LogP contribution in [0.3, 0.4) is 0 Å². The maximum absolute atomic E-state index is 6.27. The predicted molar refractivity (Wildman–Crippen MR) is 126 cm³/mol. The zero-order valence-electron chi connectivity index (χ0n) is 16.9. The number of nitrogens with zero attached hydrogens (tertiary/aromatic N) is 2. The standard InChI is InChI=1S/C26H24Cl2N2/c27-23-12-14-25(26(28)17-23)22-11-13-24(29-18-22)6-2-1-5-20-7-9-21(10-8-20)19-30-15-3-4-16-30/h7-14,17-18H,1,3-5,15-16,19H2. The van der Waals surface area contributed by atoms with Gasteiger partial charge in [-0.1, -0.05) is 59.5 Å². The lowest BCUT2D eigenvalue weighted by Gasteiger charge is -2.14. The summed E-state index contributed by atoms with van der Waals surface area (Å²) in [6.07, 6.45) is 6.25. The topological polar surface area (TPSA) is 16.1 Å². The van der Waals surface area contributed by atoms with E-state index >= 15 is 0 Å². The number of hydrogen-bond donors (Lipinski definition) is 0. The van der Waals surface area contributed by atoms with Crippen LogP contribution in [0.5, 0.6) is 0 Å².